The van der Waals surface area contributed by atoms with Crippen molar-refractivity contribution >= 4 is 5.96 Å². The van der Waals surface area contributed by atoms with Crippen molar-refractivity contribution in [1.82, 2.24) is 25.3 Å². The van der Waals surface area contributed by atoms with E-state index in [0.717, 1.165) is 31.2 Å². The first kappa shape index (κ1) is 23.5. The van der Waals surface area contributed by atoms with Crippen LogP contribution in [0, 0.1) is 19.8 Å². The number of aryl methyl sites for hydroxylation is 2. The second-order valence-electron chi connectivity index (χ2n) is 7.85. The molecule has 1 heterocycles. The van der Waals surface area contributed by atoms with Crippen LogP contribution in [0.1, 0.15) is 57.5 Å². The van der Waals surface area contributed by atoms with Gasteiger partial charge in [0.25, 0.3) is 0 Å². The Labute approximate surface area is 166 Å². The molecule has 0 radical (unpaired) electrons. The molecule has 2 atom stereocenters. The van der Waals surface area contributed by atoms with Crippen molar-refractivity contribution < 1.29 is 0 Å². The lowest BCUT2D eigenvalue weighted by Crippen LogP contribution is -2.45. The largest absolute Gasteiger partial charge is 0.357 e. The number of guanidine groups is 1. The summed E-state index contributed by atoms with van der Waals surface area (Å²) in [6.07, 6.45) is 3.32. The molecular formula is C21H42N6. The molecule has 0 aromatic carbocycles. The first-order chi connectivity index (χ1) is 12.7. The standard InChI is InChI=1S/C21H42N6/c1-10-18(11-2)20(26(7)8)14-23-21(22-12-3)24-15(4)13-19-16(5)25-27(9)17(19)6/h15,18,20H,10-14H2,1-9H3,(H2,22,23,24). The fraction of sp³-hybridized carbons (Fsp3) is 0.810. The monoisotopic (exact) mass is 378 g/mol. The molecule has 0 fully saturated rings. The van der Waals surface area contributed by atoms with Gasteiger partial charge in [0.2, 0.25) is 0 Å². The molecule has 1 aromatic rings. The lowest BCUT2D eigenvalue weighted by Gasteiger charge is -2.30. The molecule has 0 saturated heterocycles. The highest BCUT2D eigenvalue weighted by Crippen LogP contribution is 2.17. The molecule has 6 heteroatoms. The summed E-state index contributed by atoms with van der Waals surface area (Å²) in [5.74, 6) is 1.58. The van der Waals surface area contributed by atoms with Crippen molar-refractivity contribution in [2.24, 2.45) is 18.0 Å². The number of rotatable bonds is 10. The molecule has 2 unspecified atom stereocenters. The Hall–Kier alpha value is -1.56. The zero-order valence-electron chi connectivity index (χ0n) is 19.1. The third-order valence-corrected chi connectivity index (χ3v) is 5.59. The van der Waals surface area contributed by atoms with Gasteiger partial charge in [-0.15, -0.1) is 0 Å². The molecule has 0 bridgehead atoms. The van der Waals surface area contributed by atoms with E-state index in [1.165, 1.54) is 24.1 Å². The number of aromatic nitrogens is 2. The van der Waals surface area contributed by atoms with E-state index in [0.29, 0.717) is 12.0 Å². The van der Waals surface area contributed by atoms with Crippen molar-refractivity contribution in [3.8, 4) is 0 Å². The molecule has 0 saturated carbocycles. The molecule has 0 spiro atoms. The summed E-state index contributed by atoms with van der Waals surface area (Å²) < 4.78 is 1.97. The molecule has 0 aliphatic heterocycles. The van der Waals surface area contributed by atoms with Gasteiger partial charge in [-0.2, -0.15) is 5.10 Å². The minimum atomic E-state index is 0.287. The molecule has 156 valence electrons. The van der Waals surface area contributed by atoms with E-state index < -0.39 is 0 Å². The topological polar surface area (TPSA) is 57.5 Å². The van der Waals surface area contributed by atoms with E-state index in [1.54, 1.807) is 0 Å². The Kier molecular flexibility index (Phi) is 9.84. The molecule has 1 rings (SSSR count). The molecule has 0 amide bonds. The zero-order chi connectivity index (χ0) is 20.6. The van der Waals surface area contributed by atoms with Gasteiger partial charge in [-0.25, -0.2) is 0 Å². The normalized spacial score (nSPS) is 14.7. The third kappa shape index (κ3) is 6.83. The van der Waals surface area contributed by atoms with Gasteiger partial charge in [0.1, 0.15) is 0 Å². The summed E-state index contributed by atoms with van der Waals surface area (Å²) in [4.78, 5) is 7.23. The van der Waals surface area contributed by atoms with E-state index in [4.69, 9.17) is 4.99 Å². The first-order valence-corrected chi connectivity index (χ1v) is 10.4. The van der Waals surface area contributed by atoms with Crippen LogP contribution in [0.4, 0.5) is 0 Å². The lowest BCUT2D eigenvalue weighted by molar-refractivity contribution is 0.206. The fourth-order valence-electron chi connectivity index (χ4n) is 3.78. The molecule has 0 aliphatic rings. The van der Waals surface area contributed by atoms with E-state index in [1.807, 2.05) is 11.7 Å². The molecule has 1 aromatic heterocycles. The van der Waals surface area contributed by atoms with E-state index in [-0.39, 0.29) is 6.04 Å². The average Bonchev–Trinajstić information content (AvgIpc) is 2.84. The first-order valence-electron chi connectivity index (χ1n) is 10.4. The Balaban J connectivity index is 2.82. The summed E-state index contributed by atoms with van der Waals surface area (Å²) >= 11 is 0. The number of aliphatic imine (C=N–C) groups is 1. The Morgan fingerprint density at radius 3 is 2.26 bits per heavy atom. The Morgan fingerprint density at radius 2 is 1.81 bits per heavy atom. The van der Waals surface area contributed by atoms with Crippen molar-refractivity contribution in [3.63, 3.8) is 0 Å². The summed E-state index contributed by atoms with van der Waals surface area (Å²) in [6.45, 7) is 14.8. The van der Waals surface area contributed by atoms with Crippen LogP contribution >= 0.6 is 0 Å². The Bertz CT molecular complexity index is 586. The van der Waals surface area contributed by atoms with Crippen LogP contribution < -0.4 is 10.6 Å². The number of hydrogen-bond donors (Lipinski definition) is 2. The Morgan fingerprint density at radius 1 is 1.19 bits per heavy atom. The maximum atomic E-state index is 4.92. The lowest BCUT2D eigenvalue weighted by atomic mass is 9.93. The highest BCUT2D eigenvalue weighted by Gasteiger charge is 2.21. The van der Waals surface area contributed by atoms with Crippen LogP contribution in [0.15, 0.2) is 4.99 Å². The third-order valence-electron chi connectivity index (χ3n) is 5.59. The highest BCUT2D eigenvalue weighted by molar-refractivity contribution is 5.80. The molecular weight excluding hydrogens is 336 g/mol. The van der Waals surface area contributed by atoms with Gasteiger partial charge in [0.05, 0.1) is 12.2 Å². The number of nitrogens with zero attached hydrogens (tertiary/aromatic N) is 4. The van der Waals surface area contributed by atoms with Crippen molar-refractivity contribution in [2.45, 2.75) is 72.9 Å². The predicted octanol–water partition coefficient (Wildman–Crippen LogP) is 2.89. The predicted molar refractivity (Wildman–Crippen MR) is 117 cm³/mol. The van der Waals surface area contributed by atoms with Gasteiger partial charge in [-0.3, -0.25) is 9.67 Å². The second-order valence-corrected chi connectivity index (χ2v) is 7.85. The quantitative estimate of drug-likeness (QED) is 0.485. The minimum absolute atomic E-state index is 0.287. The van der Waals surface area contributed by atoms with Gasteiger partial charge in [-0.1, -0.05) is 26.7 Å². The molecule has 2 N–H and O–H groups in total. The van der Waals surface area contributed by atoms with Gasteiger partial charge >= 0.3 is 0 Å². The maximum absolute atomic E-state index is 4.92. The fourth-order valence-corrected chi connectivity index (χ4v) is 3.78. The van der Waals surface area contributed by atoms with Crippen LogP contribution in [0.5, 0.6) is 0 Å². The smallest absolute Gasteiger partial charge is 0.191 e. The average molecular weight is 379 g/mol. The molecule has 0 aliphatic carbocycles. The highest BCUT2D eigenvalue weighted by atomic mass is 15.3. The SMILES string of the molecule is CCNC(=NCC(C(CC)CC)N(C)C)NC(C)Cc1c(C)nn(C)c1C. The summed E-state index contributed by atoms with van der Waals surface area (Å²) in [5.41, 5.74) is 3.69. The van der Waals surface area contributed by atoms with E-state index in [2.05, 4.69) is 76.3 Å². The van der Waals surface area contributed by atoms with Crippen LogP contribution in [0.25, 0.3) is 0 Å². The minimum Gasteiger partial charge on any atom is -0.357 e. The van der Waals surface area contributed by atoms with E-state index >= 15 is 0 Å². The molecule has 27 heavy (non-hydrogen) atoms. The molecule has 6 nitrogen and oxygen atoms in total. The van der Waals surface area contributed by atoms with Crippen LogP contribution in [-0.2, 0) is 13.5 Å². The van der Waals surface area contributed by atoms with Crippen LogP contribution in [0.3, 0.4) is 0 Å². The van der Waals surface area contributed by atoms with Gasteiger partial charge in [-0.05, 0) is 59.7 Å². The zero-order valence-corrected chi connectivity index (χ0v) is 19.1. The summed E-state index contributed by atoms with van der Waals surface area (Å²) in [6, 6.07) is 0.754. The van der Waals surface area contributed by atoms with Crippen molar-refractivity contribution in [2.75, 3.05) is 27.2 Å². The summed E-state index contributed by atoms with van der Waals surface area (Å²) in [7, 11) is 6.33. The summed E-state index contributed by atoms with van der Waals surface area (Å²) in [5, 5.41) is 11.5. The van der Waals surface area contributed by atoms with Crippen LogP contribution in [-0.4, -0.2) is 59.9 Å². The number of hydrogen-bond acceptors (Lipinski definition) is 3. The van der Waals surface area contributed by atoms with Crippen molar-refractivity contribution in [1.29, 1.82) is 0 Å². The second kappa shape index (κ2) is 11.3. The number of nitrogens with one attached hydrogen (secondary N) is 2. The number of likely N-dealkylation sites (N-methyl/N-ethyl adjacent to an activating group) is 1. The van der Waals surface area contributed by atoms with Crippen LogP contribution in [0.2, 0.25) is 0 Å². The van der Waals surface area contributed by atoms with Crippen molar-refractivity contribution in [3.05, 3.63) is 17.0 Å². The van der Waals surface area contributed by atoms with Gasteiger partial charge in [0, 0.05) is 31.4 Å². The van der Waals surface area contributed by atoms with E-state index in [9.17, 15) is 0 Å². The van der Waals surface area contributed by atoms with Gasteiger partial charge in [0.15, 0.2) is 5.96 Å². The maximum Gasteiger partial charge on any atom is 0.191 e. The van der Waals surface area contributed by atoms with Gasteiger partial charge < -0.3 is 15.5 Å².